The Kier molecular flexibility index (Phi) is 10.5. The van der Waals surface area contributed by atoms with E-state index in [4.69, 9.17) is 4.42 Å². The van der Waals surface area contributed by atoms with Crippen molar-refractivity contribution in [1.82, 2.24) is 9.97 Å². The van der Waals surface area contributed by atoms with Crippen LogP contribution in [0.25, 0.3) is 50.0 Å². The third-order valence-corrected chi connectivity index (χ3v) is 11.2. The average Bonchev–Trinajstić information content (AvgIpc) is 3.53. The maximum absolute atomic E-state index is 10.1. The molecule has 2 aliphatic carbocycles. The third kappa shape index (κ3) is 7.46. The average molecular weight is 874 g/mol. The van der Waals surface area contributed by atoms with Crippen LogP contribution in [0.3, 0.4) is 0 Å². The number of hydrogen-bond acceptors (Lipinski definition) is 4. The number of hydrogen-bond donors (Lipinski definition) is 0. The first kappa shape index (κ1) is 38.1. The second kappa shape index (κ2) is 14.7. The van der Waals surface area contributed by atoms with Gasteiger partial charge in [0, 0.05) is 43.4 Å². The Hall–Kier alpha value is -4.62. The standard InChI is InChI=1S/C32H29N2O.C16H18N.Ir/c1-31(2)15-16-32(3,4)26-18-20(12-14-25(26)31)28-21(19-33)11-13-23-22-8-7-9-24(29(22)35-30(23)28)27-10-5-6-17-34-27;1-12-5-10-15(17-11-12)13-6-8-14(9-7-13)16(2,3)4;/h5-8,10-14,17-18,25-26H,15-16H2,1-4H3;5-6,8-11H,1-4H3;/q2*-1;. The van der Waals surface area contributed by atoms with E-state index in [0.717, 1.165) is 55.6 Å². The zero-order chi connectivity index (χ0) is 36.8. The molecule has 4 nitrogen and oxygen atoms in total. The fraction of sp³-hybridized carbons (Fsp3) is 0.312. The molecule has 2 aliphatic rings. The molecule has 0 bridgehead atoms. The van der Waals surface area contributed by atoms with Gasteiger partial charge in [-0.1, -0.05) is 108 Å². The topological polar surface area (TPSA) is 62.7 Å². The summed E-state index contributed by atoms with van der Waals surface area (Å²) in [5.74, 6) is 0.899. The molecule has 1 saturated carbocycles. The molecule has 8 rings (SSSR count). The number of benzene rings is 3. The van der Waals surface area contributed by atoms with E-state index in [-0.39, 0.29) is 36.4 Å². The van der Waals surface area contributed by atoms with Crippen LogP contribution in [0.1, 0.15) is 83.6 Å². The summed E-state index contributed by atoms with van der Waals surface area (Å²) >= 11 is 0. The summed E-state index contributed by atoms with van der Waals surface area (Å²) in [6.07, 6.45) is 13.1. The Balaban J connectivity index is 0.000000226. The smallest absolute Gasteiger partial charge is 0.130 e. The van der Waals surface area contributed by atoms with Gasteiger partial charge in [0.2, 0.25) is 0 Å². The number of allylic oxidation sites excluding steroid dienone is 4. The van der Waals surface area contributed by atoms with E-state index in [1.165, 1.54) is 24.0 Å². The SMILES string of the molecule is CC1(C)CCC(C)(C)C2C=C(c3c(C#N)ccc4c3oc3c(-c5ccccn5)[c-]ccc34)C=CC21.Cc1ccc(-c2[c-]cc(C(C)(C)C)cc2)nc1.[Ir]. The Morgan fingerprint density at radius 2 is 1.58 bits per heavy atom. The van der Waals surface area contributed by atoms with Crippen molar-refractivity contribution in [3.05, 3.63) is 138 Å². The Morgan fingerprint density at radius 3 is 2.23 bits per heavy atom. The van der Waals surface area contributed by atoms with Crippen molar-refractivity contribution in [2.24, 2.45) is 22.7 Å². The number of fused-ring (bicyclic) bond motifs is 4. The first-order valence-electron chi connectivity index (χ1n) is 18.3. The summed E-state index contributed by atoms with van der Waals surface area (Å²) in [4.78, 5) is 8.93. The molecular weight excluding hydrogens is 827 g/mol. The molecule has 2 unspecified atom stereocenters. The summed E-state index contributed by atoms with van der Waals surface area (Å²) < 4.78 is 6.60. The van der Waals surface area contributed by atoms with Crippen LogP contribution in [0, 0.1) is 53.1 Å². The summed E-state index contributed by atoms with van der Waals surface area (Å²) in [6.45, 7) is 18.2. The van der Waals surface area contributed by atoms with Crippen molar-refractivity contribution in [1.29, 1.82) is 5.26 Å². The van der Waals surface area contributed by atoms with Crippen molar-refractivity contribution >= 4 is 27.5 Å². The predicted molar refractivity (Wildman–Crippen MR) is 213 cm³/mol. The van der Waals surface area contributed by atoms with E-state index in [9.17, 15) is 5.26 Å². The van der Waals surface area contributed by atoms with Crippen LogP contribution < -0.4 is 0 Å². The van der Waals surface area contributed by atoms with E-state index in [1.54, 1.807) is 6.20 Å². The molecule has 0 amide bonds. The van der Waals surface area contributed by atoms with E-state index < -0.39 is 0 Å². The minimum absolute atomic E-state index is 0. The van der Waals surface area contributed by atoms with E-state index in [2.05, 4.69) is 119 Å². The molecule has 271 valence electrons. The van der Waals surface area contributed by atoms with Gasteiger partial charge in [0.05, 0.1) is 17.2 Å². The summed E-state index contributed by atoms with van der Waals surface area (Å²) in [7, 11) is 0. The van der Waals surface area contributed by atoms with Crippen LogP contribution in [0.15, 0.2) is 108 Å². The number of rotatable bonds is 3. The van der Waals surface area contributed by atoms with Crippen molar-refractivity contribution in [3.63, 3.8) is 0 Å². The monoisotopic (exact) mass is 874 g/mol. The molecule has 0 spiro atoms. The molecule has 0 aliphatic heterocycles. The van der Waals surface area contributed by atoms with Gasteiger partial charge < -0.3 is 14.4 Å². The van der Waals surface area contributed by atoms with Crippen LogP contribution in [-0.4, -0.2) is 9.97 Å². The quantitative estimate of drug-likeness (QED) is 0.166. The number of nitriles is 1. The Bertz CT molecular complexity index is 2350. The van der Waals surface area contributed by atoms with Crippen molar-refractivity contribution in [2.45, 2.75) is 73.6 Å². The first-order valence-corrected chi connectivity index (χ1v) is 18.3. The van der Waals surface area contributed by atoms with Gasteiger partial charge in [-0.05, 0) is 82.5 Å². The Morgan fingerprint density at radius 1 is 0.830 bits per heavy atom. The summed E-state index contributed by atoms with van der Waals surface area (Å²) in [6, 6.07) is 33.3. The molecule has 3 heterocycles. The zero-order valence-electron chi connectivity index (χ0n) is 32.0. The molecule has 0 saturated heterocycles. The maximum atomic E-state index is 10.1. The minimum atomic E-state index is 0. The van der Waals surface area contributed by atoms with E-state index in [0.29, 0.717) is 17.4 Å². The van der Waals surface area contributed by atoms with Gasteiger partial charge in [0.1, 0.15) is 5.58 Å². The van der Waals surface area contributed by atoms with E-state index >= 15 is 0 Å². The second-order valence-electron chi connectivity index (χ2n) is 16.9. The molecule has 6 aromatic rings. The normalized spacial score (nSPS) is 18.6. The molecule has 3 aromatic carbocycles. The van der Waals surface area contributed by atoms with Crippen LogP contribution in [0.5, 0.6) is 0 Å². The molecule has 1 radical (unpaired) electrons. The van der Waals surface area contributed by atoms with Gasteiger partial charge in [0.15, 0.2) is 0 Å². The van der Waals surface area contributed by atoms with Gasteiger partial charge >= 0.3 is 0 Å². The van der Waals surface area contributed by atoms with Crippen LogP contribution in [0.2, 0.25) is 0 Å². The largest absolute Gasteiger partial charge is 0.500 e. The van der Waals surface area contributed by atoms with Crippen molar-refractivity contribution in [2.75, 3.05) is 0 Å². The van der Waals surface area contributed by atoms with Crippen LogP contribution >= 0.6 is 0 Å². The molecule has 2 atom stereocenters. The fourth-order valence-corrected chi connectivity index (χ4v) is 7.85. The van der Waals surface area contributed by atoms with Gasteiger partial charge in [-0.3, -0.25) is 0 Å². The minimum Gasteiger partial charge on any atom is -0.500 e. The van der Waals surface area contributed by atoms with Gasteiger partial charge in [-0.2, -0.15) is 5.26 Å². The number of furan rings is 1. The molecule has 1 fully saturated rings. The maximum Gasteiger partial charge on any atom is 0.130 e. The number of aryl methyl sites for hydroxylation is 1. The van der Waals surface area contributed by atoms with Crippen molar-refractivity contribution in [3.8, 4) is 28.6 Å². The van der Waals surface area contributed by atoms with Gasteiger partial charge in [-0.25, -0.2) is 0 Å². The predicted octanol–water partition coefficient (Wildman–Crippen LogP) is 12.5. The van der Waals surface area contributed by atoms with Crippen LogP contribution in [0.4, 0.5) is 0 Å². The first-order chi connectivity index (χ1) is 24.8. The molecule has 3 aromatic heterocycles. The molecule has 5 heteroatoms. The molecular formula is C48H47IrN3O-2. The van der Waals surface area contributed by atoms with Gasteiger partial charge in [-0.15, -0.1) is 53.6 Å². The van der Waals surface area contributed by atoms with Gasteiger partial charge in [0.25, 0.3) is 0 Å². The molecule has 0 N–H and O–H groups in total. The van der Waals surface area contributed by atoms with E-state index in [1.807, 2.05) is 61.7 Å². The van der Waals surface area contributed by atoms with Crippen molar-refractivity contribution < 1.29 is 24.5 Å². The number of aromatic nitrogens is 2. The number of nitrogens with zero attached hydrogens (tertiary/aromatic N) is 3. The Labute approximate surface area is 328 Å². The fourth-order valence-electron chi connectivity index (χ4n) is 7.85. The second-order valence-corrected chi connectivity index (χ2v) is 16.9. The number of pyridine rings is 2. The van der Waals surface area contributed by atoms with Crippen LogP contribution in [-0.2, 0) is 25.5 Å². The summed E-state index contributed by atoms with van der Waals surface area (Å²) in [5, 5.41) is 12.1. The summed E-state index contributed by atoms with van der Waals surface area (Å²) in [5.41, 5.74) is 11.0. The third-order valence-electron chi connectivity index (χ3n) is 11.2. The molecule has 53 heavy (non-hydrogen) atoms. The zero-order valence-corrected chi connectivity index (χ0v) is 34.4.